The van der Waals surface area contributed by atoms with Gasteiger partial charge < -0.3 is 5.73 Å². The minimum atomic E-state index is -0.734. The third-order valence-electron chi connectivity index (χ3n) is 2.68. The van der Waals surface area contributed by atoms with E-state index in [2.05, 4.69) is 15.9 Å². The van der Waals surface area contributed by atoms with Crippen molar-refractivity contribution in [2.75, 3.05) is 5.73 Å². The number of rotatable bonds is 3. The zero-order chi connectivity index (χ0) is 14.0. The highest BCUT2D eigenvalue weighted by molar-refractivity contribution is 9.10. The molecule has 98 valence electrons. The second-order valence-electron chi connectivity index (χ2n) is 4.07. The van der Waals surface area contributed by atoms with Crippen molar-refractivity contribution in [1.82, 2.24) is 0 Å². The largest absolute Gasteiger partial charge is 0.398 e. The van der Waals surface area contributed by atoms with Crippen LogP contribution in [0.25, 0.3) is 0 Å². The third-order valence-corrected chi connectivity index (χ3v) is 3.18. The molecule has 0 fully saturated rings. The molecule has 0 aliphatic heterocycles. The second kappa shape index (κ2) is 5.48. The summed E-state index contributed by atoms with van der Waals surface area (Å²) in [6.07, 6.45) is -0.160. The Kier molecular flexibility index (Phi) is 3.95. The van der Waals surface area contributed by atoms with Gasteiger partial charge in [0.15, 0.2) is 5.78 Å². The Balaban J connectivity index is 2.28. The number of benzene rings is 2. The Morgan fingerprint density at radius 3 is 2.58 bits per heavy atom. The maximum absolute atomic E-state index is 13.5. The fraction of sp³-hybridized carbons (Fsp3) is 0.0714. The van der Waals surface area contributed by atoms with Gasteiger partial charge in [0.05, 0.1) is 0 Å². The lowest BCUT2D eigenvalue weighted by atomic mass is 10.0. The summed E-state index contributed by atoms with van der Waals surface area (Å²) in [5.74, 6) is -1.72. The van der Waals surface area contributed by atoms with E-state index in [1.807, 2.05) is 0 Å². The molecule has 0 saturated heterocycles. The quantitative estimate of drug-likeness (QED) is 0.690. The number of carbonyl (C=O) groups excluding carboxylic acids is 1. The van der Waals surface area contributed by atoms with Crippen LogP contribution in [0.1, 0.15) is 15.9 Å². The van der Waals surface area contributed by atoms with E-state index in [0.717, 1.165) is 12.1 Å². The highest BCUT2D eigenvalue weighted by Gasteiger charge is 2.14. The van der Waals surface area contributed by atoms with E-state index in [1.165, 1.54) is 6.07 Å². The van der Waals surface area contributed by atoms with Crippen LogP contribution in [-0.4, -0.2) is 5.78 Å². The summed E-state index contributed by atoms with van der Waals surface area (Å²) in [5.41, 5.74) is 6.50. The van der Waals surface area contributed by atoms with E-state index in [9.17, 15) is 13.6 Å². The molecule has 0 radical (unpaired) electrons. The zero-order valence-electron chi connectivity index (χ0n) is 9.79. The van der Waals surface area contributed by atoms with E-state index in [0.29, 0.717) is 15.7 Å². The molecule has 0 unspecified atom stereocenters. The number of nitrogens with two attached hydrogens (primary N) is 1. The molecule has 0 spiro atoms. The van der Waals surface area contributed by atoms with Crippen LogP contribution >= 0.6 is 15.9 Å². The molecule has 2 N–H and O–H groups in total. The van der Waals surface area contributed by atoms with Gasteiger partial charge in [0, 0.05) is 28.2 Å². The van der Waals surface area contributed by atoms with E-state index in [1.54, 1.807) is 18.2 Å². The molecule has 0 aromatic heterocycles. The van der Waals surface area contributed by atoms with Gasteiger partial charge in [-0.15, -0.1) is 0 Å². The van der Waals surface area contributed by atoms with Gasteiger partial charge in [0.2, 0.25) is 0 Å². The molecule has 0 aliphatic carbocycles. The Bertz CT molecular complexity index is 643. The smallest absolute Gasteiger partial charge is 0.169 e. The molecule has 0 atom stereocenters. The predicted molar refractivity (Wildman–Crippen MR) is 72.9 cm³/mol. The maximum atomic E-state index is 13.5. The van der Waals surface area contributed by atoms with Crippen molar-refractivity contribution >= 4 is 27.4 Å². The number of ketones is 1. The standard InChI is InChI=1S/C14H10BrF2NO/c15-9-2-4-13(18)11(6-9)14(19)5-8-1-3-10(16)7-12(8)17/h1-4,6-7H,5,18H2. The van der Waals surface area contributed by atoms with Crippen molar-refractivity contribution in [3.05, 3.63) is 63.6 Å². The van der Waals surface area contributed by atoms with Crippen LogP contribution < -0.4 is 5.73 Å². The fourth-order valence-corrected chi connectivity index (χ4v) is 2.06. The summed E-state index contributed by atoms with van der Waals surface area (Å²) in [4.78, 5) is 12.1. The van der Waals surface area contributed by atoms with Gasteiger partial charge in [-0.3, -0.25) is 4.79 Å². The van der Waals surface area contributed by atoms with Gasteiger partial charge in [-0.1, -0.05) is 22.0 Å². The van der Waals surface area contributed by atoms with Gasteiger partial charge >= 0.3 is 0 Å². The van der Waals surface area contributed by atoms with Crippen molar-refractivity contribution in [1.29, 1.82) is 0 Å². The molecule has 2 nitrogen and oxygen atoms in total. The molecular weight excluding hydrogens is 316 g/mol. The SMILES string of the molecule is Nc1ccc(Br)cc1C(=O)Cc1ccc(F)cc1F. The van der Waals surface area contributed by atoms with Crippen molar-refractivity contribution < 1.29 is 13.6 Å². The first-order valence-electron chi connectivity index (χ1n) is 5.49. The Morgan fingerprint density at radius 1 is 1.16 bits per heavy atom. The Morgan fingerprint density at radius 2 is 1.89 bits per heavy atom. The number of carbonyl (C=O) groups is 1. The van der Waals surface area contributed by atoms with Gasteiger partial charge in [0.1, 0.15) is 11.6 Å². The average Bonchev–Trinajstić information content (AvgIpc) is 2.35. The predicted octanol–water partition coefficient (Wildman–Crippen LogP) is 3.73. The summed E-state index contributed by atoms with van der Waals surface area (Å²) < 4.78 is 27.0. The van der Waals surface area contributed by atoms with Crippen LogP contribution in [0.5, 0.6) is 0 Å². The highest BCUT2D eigenvalue weighted by atomic mass is 79.9. The number of anilines is 1. The first kappa shape index (κ1) is 13.7. The summed E-state index contributed by atoms with van der Waals surface area (Å²) in [6, 6.07) is 8.03. The fourth-order valence-electron chi connectivity index (χ4n) is 1.70. The normalized spacial score (nSPS) is 10.5. The lowest BCUT2D eigenvalue weighted by Crippen LogP contribution is -2.08. The number of Topliss-reactive ketones (excluding diaryl/α,β-unsaturated/α-hetero) is 1. The van der Waals surface area contributed by atoms with E-state index in [4.69, 9.17) is 5.73 Å². The number of halogens is 3. The van der Waals surface area contributed by atoms with Gasteiger partial charge in [-0.2, -0.15) is 0 Å². The van der Waals surface area contributed by atoms with Crippen LogP contribution in [0.4, 0.5) is 14.5 Å². The van der Waals surface area contributed by atoms with Crippen LogP contribution in [0.2, 0.25) is 0 Å². The molecular formula is C14H10BrF2NO. The molecule has 5 heteroatoms. The van der Waals surface area contributed by atoms with E-state index >= 15 is 0 Å². The second-order valence-corrected chi connectivity index (χ2v) is 4.98. The molecule has 0 heterocycles. The average molecular weight is 326 g/mol. The Labute approximate surface area is 117 Å². The van der Waals surface area contributed by atoms with Crippen molar-refractivity contribution in [3.63, 3.8) is 0 Å². The topological polar surface area (TPSA) is 43.1 Å². The van der Waals surface area contributed by atoms with Crippen LogP contribution in [0.3, 0.4) is 0 Å². The van der Waals surface area contributed by atoms with E-state index in [-0.39, 0.29) is 17.8 Å². The van der Waals surface area contributed by atoms with Crippen molar-refractivity contribution in [2.45, 2.75) is 6.42 Å². The molecule has 0 saturated carbocycles. The molecule has 0 bridgehead atoms. The first-order valence-corrected chi connectivity index (χ1v) is 6.29. The summed E-state index contributed by atoms with van der Waals surface area (Å²) in [7, 11) is 0. The van der Waals surface area contributed by atoms with E-state index < -0.39 is 11.6 Å². The van der Waals surface area contributed by atoms with Crippen LogP contribution in [0, 0.1) is 11.6 Å². The number of hydrogen-bond acceptors (Lipinski definition) is 2. The van der Waals surface area contributed by atoms with Crippen LogP contribution in [-0.2, 0) is 6.42 Å². The van der Waals surface area contributed by atoms with Crippen molar-refractivity contribution in [3.8, 4) is 0 Å². The maximum Gasteiger partial charge on any atom is 0.169 e. The minimum absolute atomic E-state index is 0.144. The molecule has 2 rings (SSSR count). The number of hydrogen-bond donors (Lipinski definition) is 1. The lowest BCUT2D eigenvalue weighted by Gasteiger charge is -2.06. The molecule has 2 aromatic rings. The molecule has 19 heavy (non-hydrogen) atoms. The lowest BCUT2D eigenvalue weighted by molar-refractivity contribution is 0.0992. The number of nitrogen functional groups attached to an aromatic ring is 1. The minimum Gasteiger partial charge on any atom is -0.398 e. The highest BCUT2D eigenvalue weighted by Crippen LogP contribution is 2.21. The monoisotopic (exact) mass is 325 g/mol. The summed E-state index contributed by atoms with van der Waals surface area (Å²) >= 11 is 3.24. The Hall–Kier alpha value is -1.75. The molecule has 0 amide bonds. The summed E-state index contributed by atoms with van der Waals surface area (Å²) in [5, 5.41) is 0. The zero-order valence-corrected chi connectivity index (χ0v) is 11.4. The van der Waals surface area contributed by atoms with Gasteiger partial charge in [-0.25, -0.2) is 8.78 Å². The van der Waals surface area contributed by atoms with Crippen molar-refractivity contribution in [2.24, 2.45) is 0 Å². The third kappa shape index (κ3) is 3.17. The molecule has 2 aromatic carbocycles. The van der Waals surface area contributed by atoms with Gasteiger partial charge in [-0.05, 0) is 29.8 Å². The van der Waals surface area contributed by atoms with Crippen LogP contribution in [0.15, 0.2) is 40.9 Å². The summed E-state index contributed by atoms with van der Waals surface area (Å²) in [6.45, 7) is 0. The van der Waals surface area contributed by atoms with Gasteiger partial charge in [0.25, 0.3) is 0 Å². The first-order chi connectivity index (χ1) is 8.97. The molecule has 0 aliphatic rings.